The van der Waals surface area contributed by atoms with Crippen LogP contribution in [-0.2, 0) is 10.0 Å². The number of rotatable bonds is 8. The van der Waals surface area contributed by atoms with Gasteiger partial charge in [0.15, 0.2) is 0 Å². The van der Waals surface area contributed by atoms with Gasteiger partial charge in [0.1, 0.15) is 0 Å². The summed E-state index contributed by atoms with van der Waals surface area (Å²) in [7, 11) is 0.274. The molecule has 0 saturated heterocycles. The van der Waals surface area contributed by atoms with E-state index in [1.807, 2.05) is 56.3 Å². The Morgan fingerprint density at radius 3 is 2.17 bits per heavy atom. The molecule has 30 heavy (non-hydrogen) atoms. The molecule has 0 amide bonds. The standard InChI is InChI=1S/C23H25N3O2S2/c1-18-9-15-22(16-10-18)30(27,28)25-24-23(19-7-5-4-6-8-19)17-29-21-13-11-20(12-14-21)26(2)3/h4-16,25H,17H2,1-3H3. The molecule has 0 aliphatic carbocycles. The lowest BCUT2D eigenvalue weighted by atomic mass is 10.1. The number of thioether (sulfide) groups is 1. The van der Waals surface area contributed by atoms with Crippen LogP contribution in [0.4, 0.5) is 5.69 Å². The second kappa shape index (κ2) is 9.82. The third-order valence-corrected chi connectivity index (χ3v) is 6.72. The maximum absolute atomic E-state index is 12.6. The van der Waals surface area contributed by atoms with Gasteiger partial charge in [-0.1, -0.05) is 48.0 Å². The van der Waals surface area contributed by atoms with E-state index in [-0.39, 0.29) is 4.90 Å². The summed E-state index contributed by atoms with van der Waals surface area (Å²) in [4.78, 5) is 5.72. The molecule has 0 aromatic heterocycles. The maximum Gasteiger partial charge on any atom is 0.276 e. The molecular formula is C23H25N3O2S2. The number of aryl methyl sites for hydroxylation is 1. The van der Waals surface area contributed by atoms with E-state index in [0.717, 1.165) is 21.7 Å². The molecule has 3 rings (SSSR count). The smallest absolute Gasteiger partial charge is 0.276 e. The minimum Gasteiger partial charge on any atom is -0.378 e. The van der Waals surface area contributed by atoms with Gasteiger partial charge >= 0.3 is 0 Å². The van der Waals surface area contributed by atoms with Crippen molar-refractivity contribution >= 4 is 33.2 Å². The fourth-order valence-corrected chi connectivity index (χ4v) is 4.38. The van der Waals surface area contributed by atoms with Crippen molar-refractivity contribution in [3.05, 3.63) is 90.0 Å². The first kappa shape index (κ1) is 21.9. The highest BCUT2D eigenvalue weighted by Crippen LogP contribution is 2.23. The van der Waals surface area contributed by atoms with Crippen LogP contribution in [0.3, 0.4) is 0 Å². The highest BCUT2D eigenvalue weighted by molar-refractivity contribution is 8.00. The number of hydrogen-bond donors (Lipinski definition) is 1. The van der Waals surface area contributed by atoms with E-state index < -0.39 is 10.0 Å². The van der Waals surface area contributed by atoms with Crippen LogP contribution >= 0.6 is 11.8 Å². The highest BCUT2D eigenvalue weighted by Gasteiger charge is 2.14. The Bertz CT molecular complexity index is 1090. The molecule has 0 atom stereocenters. The fraction of sp³-hybridized carbons (Fsp3) is 0.174. The van der Waals surface area contributed by atoms with Gasteiger partial charge < -0.3 is 4.90 Å². The van der Waals surface area contributed by atoms with E-state index in [2.05, 4.69) is 34.2 Å². The Balaban J connectivity index is 1.79. The molecule has 5 nitrogen and oxygen atoms in total. The van der Waals surface area contributed by atoms with E-state index in [9.17, 15) is 8.42 Å². The lowest BCUT2D eigenvalue weighted by molar-refractivity contribution is 0.584. The molecule has 3 aromatic carbocycles. The molecule has 0 saturated carbocycles. The van der Waals surface area contributed by atoms with Crippen LogP contribution in [0.1, 0.15) is 11.1 Å². The van der Waals surface area contributed by atoms with Gasteiger partial charge in [-0.25, -0.2) is 0 Å². The Hall–Kier alpha value is -2.77. The van der Waals surface area contributed by atoms with Crippen molar-refractivity contribution in [3.8, 4) is 0 Å². The SMILES string of the molecule is Cc1ccc(S(=O)(=O)NN=C(CSc2ccc(N(C)C)cc2)c2ccccc2)cc1. The number of nitrogens with one attached hydrogen (secondary N) is 1. The van der Waals surface area contributed by atoms with E-state index in [1.165, 1.54) is 0 Å². The zero-order chi connectivity index (χ0) is 21.6. The predicted octanol–water partition coefficient (Wildman–Crippen LogP) is 4.54. The molecule has 0 spiro atoms. The van der Waals surface area contributed by atoms with Crippen LogP contribution in [0.15, 0.2) is 93.8 Å². The van der Waals surface area contributed by atoms with Gasteiger partial charge in [-0.05, 0) is 48.9 Å². The fourth-order valence-electron chi connectivity index (χ4n) is 2.69. The largest absolute Gasteiger partial charge is 0.378 e. The van der Waals surface area contributed by atoms with E-state index in [1.54, 1.807) is 36.0 Å². The van der Waals surface area contributed by atoms with Crippen LogP contribution in [0.25, 0.3) is 0 Å². The summed E-state index contributed by atoms with van der Waals surface area (Å²) in [5.41, 5.74) is 3.66. The Morgan fingerprint density at radius 1 is 0.933 bits per heavy atom. The molecule has 0 aliphatic rings. The minimum absolute atomic E-state index is 0.191. The number of nitrogens with zero attached hydrogens (tertiary/aromatic N) is 2. The highest BCUT2D eigenvalue weighted by atomic mass is 32.2. The van der Waals surface area contributed by atoms with Crippen LogP contribution in [0.5, 0.6) is 0 Å². The van der Waals surface area contributed by atoms with Gasteiger partial charge in [-0.15, -0.1) is 11.8 Å². The van der Waals surface area contributed by atoms with Gasteiger partial charge in [0.2, 0.25) is 0 Å². The first-order valence-corrected chi connectivity index (χ1v) is 11.9. The van der Waals surface area contributed by atoms with Crippen LogP contribution in [-0.4, -0.2) is 34.0 Å². The summed E-state index contributed by atoms with van der Waals surface area (Å²) in [6, 6.07) is 24.5. The van der Waals surface area contributed by atoms with Crippen molar-refractivity contribution < 1.29 is 8.42 Å². The molecule has 1 N–H and O–H groups in total. The monoisotopic (exact) mass is 439 g/mol. The number of hydrazone groups is 1. The number of hydrogen-bond acceptors (Lipinski definition) is 5. The summed E-state index contributed by atoms with van der Waals surface area (Å²) < 4.78 is 25.3. The Morgan fingerprint density at radius 2 is 1.57 bits per heavy atom. The van der Waals surface area contributed by atoms with E-state index >= 15 is 0 Å². The summed E-state index contributed by atoms with van der Waals surface area (Å²) in [6.07, 6.45) is 0. The van der Waals surface area contributed by atoms with Crippen LogP contribution in [0, 0.1) is 6.92 Å². The predicted molar refractivity (Wildman–Crippen MR) is 126 cm³/mol. The quantitative estimate of drug-likeness (QED) is 0.318. The topological polar surface area (TPSA) is 61.8 Å². The summed E-state index contributed by atoms with van der Waals surface area (Å²) in [5.74, 6) is 0.530. The Kier molecular flexibility index (Phi) is 7.18. The number of benzene rings is 3. The molecule has 0 unspecified atom stereocenters. The molecule has 3 aromatic rings. The number of anilines is 1. The first-order valence-electron chi connectivity index (χ1n) is 9.46. The van der Waals surface area contributed by atoms with Crippen LogP contribution < -0.4 is 9.73 Å². The average molecular weight is 440 g/mol. The summed E-state index contributed by atoms with van der Waals surface area (Å²) in [5, 5.41) is 4.27. The minimum atomic E-state index is -3.73. The van der Waals surface area contributed by atoms with E-state index in [0.29, 0.717) is 11.5 Å². The third kappa shape index (κ3) is 5.87. The molecule has 0 heterocycles. The summed E-state index contributed by atoms with van der Waals surface area (Å²) >= 11 is 1.61. The molecule has 0 fully saturated rings. The normalized spacial score (nSPS) is 11.9. The summed E-state index contributed by atoms with van der Waals surface area (Å²) in [6.45, 7) is 1.91. The van der Waals surface area contributed by atoms with Gasteiger partial charge in [0.05, 0.1) is 10.6 Å². The lowest BCUT2D eigenvalue weighted by Gasteiger charge is -2.13. The average Bonchev–Trinajstić information content (AvgIpc) is 2.75. The van der Waals surface area contributed by atoms with E-state index in [4.69, 9.17) is 0 Å². The number of sulfonamides is 1. The second-order valence-corrected chi connectivity index (χ2v) is 9.72. The van der Waals surface area contributed by atoms with Crippen molar-refractivity contribution in [1.29, 1.82) is 0 Å². The van der Waals surface area contributed by atoms with Crippen molar-refractivity contribution in [1.82, 2.24) is 4.83 Å². The van der Waals surface area contributed by atoms with Crippen molar-refractivity contribution in [2.24, 2.45) is 5.10 Å². The van der Waals surface area contributed by atoms with Gasteiger partial charge in [0, 0.05) is 30.4 Å². The van der Waals surface area contributed by atoms with Gasteiger partial charge in [-0.2, -0.15) is 18.4 Å². The Labute approximate surface area is 182 Å². The van der Waals surface area contributed by atoms with Crippen molar-refractivity contribution in [3.63, 3.8) is 0 Å². The first-order chi connectivity index (χ1) is 14.3. The zero-order valence-corrected chi connectivity index (χ0v) is 18.9. The van der Waals surface area contributed by atoms with Crippen molar-refractivity contribution in [2.75, 3.05) is 24.7 Å². The van der Waals surface area contributed by atoms with Crippen molar-refractivity contribution in [2.45, 2.75) is 16.7 Å². The molecule has 0 bridgehead atoms. The zero-order valence-electron chi connectivity index (χ0n) is 17.2. The lowest BCUT2D eigenvalue weighted by Crippen LogP contribution is -2.21. The molecular weight excluding hydrogens is 414 g/mol. The third-order valence-electron chi connectivity index (χ3n) is 4.47. The van der Waals surface area contributed by atoms with Gasteiger partial charge in [-0.3, -0.25) is 0 Å². The van der Waals surface area contributed by atoms with Crippen LogP contribution in [0.2, 0.25) is 0 Å². The molecule has 7 heteroatoms. The molecule has 0 aliphatic heterocycles. The van der Waals surface area contributed by atoms with Gasteiger partial charge in [0.25, 0.3) is 10.0 Å². The molecule has 156 valence electrons. The molecule has 0 radical (unpaired) electrons. The maximum atomic E-state index is 12.6. The second-order valence-electron chi connectivity index (χ2n) is 7.01.